The van der Waals surface area contributed by atoms with Gasteiger partial charge in [-0.3, -0.25) is 9.59 Å². The molecule has 0 aromatic rings. The fourth-order valence-corrected chi connectivity index (χ4v) is 9.43. The summed E-state index contributed by atoms with van der Waals surface area (Å²) in [6, 6.07) is -0.835. The van der Waals surface area contributed by atoms with Crippen LogP contribution >= 0.6 is 0 Å². The van der Waals surface area contributed by atoms with Gasteiger partial charge in [0, 0.05) is 12.8 Å². The minimum atomic E-state index is -1.58. The first-order valence-corrected chi connectivity index (χ1v) is 30.9. The van der Waals surface area contributed by atoms with Crippen LogP contribution in [0.3, 0.4) is 0 Å². The second-order valence-corrected chi connectivity index (χ2v) is 21.4. The molecule has 0 saturated carbocycles. The van der Waals surface area contributed by atoms with Gasteiger partial charge in [-0.15, -0.1) is 0 Å². The van der Waals surface area contributed by atoms with Crippen molar-refractivity contribution < 1.29 is 49.3 Å². The number of aliphatic hydroxyl groups excluding tert-OH is 5. The van der Waals surface area contributed by atoms with Gasteiger partial charge >= 0.3 is 5.97 Å². The Labute approximate surface area is 453 Å². The summed E-state index contributed by atoms with van der Waals surface area (Å²) in [5, 5.41) is 54.4. The highest BCUT2D eigenvalue weighted by atomic mass is 16.7. The van der Waals surface area contributed by atoms with E-state index in [2.05, 4.69) is 55.6 Å². The molecule has 74 heavy (non-hydrogen) atoms. The van der Waals surface area contributed by atoms with Crippen LogP contribution in [-0.2, 0) is 23.8 Å². The number of nitrogens with one attached hydrogen (secondary N) is 1. The molecule has 11 nitrogen and oxygen atoms in total. The Hall–Kier alpha value is -2.38. The Bertz CT molecular complexity index is 1370. The molecule has 11 heteroatoms. The van der Waals surface area contributed by atoms with Gasteiger partial charge in [-0.1, -0.05) is 223 Å². The first-order chi connectivity index (χ1) is 36.2. The number of esters is 1. The van der Waals surface area contributed by atoms with Crippen LogP contribution < -0.4 is 5.32 Å². The summed E-state index contributed by atoms with van der Waals surface area (Å²) in [6.45, 7) is 4.28. The number of carbonyl (C=O) groups is 2. The summed E-state index contributed by atoms with van der Waals surface area (Å²) in [5.41, 5.74) is 0. The summed E-state index contributed by atoms with van der Waals surface area (Å²) < 4.78 is 16.7. The third kappa shape index (κ3) is 41.7. The predicted octanol–water partition coefficient (Wildman–Crippen LogP) is 14.5. The SMILES string of the molecule is CCCC/C=C\CCCCCCCC(=O)OCCCCCCCCCCC/C=C\CCCCCCCCCC(=O)NC(COC1OC(CO)C(O)C(O)C1O)C(O)/C=C/CC/C=C/CCCCCCCCCCC. The number of amides is 1. The van der Waals surface area contributed by atoms with E-state index in [9.17, 15) is 35.1 Å². The van der Waals surface area contributed by atoms with E-state index in [1.807, 2.05) is 6.08 Å². The van der Waals surface area contributed by atoms with Crippen molar-refractivity contribution >= 4 is 11.9 Å². The molecule has 0 aromatic carbocycles. The highest BCUT2D eigenvalue weighted by Crippen LogP contribution is 2.23. The lowest BCUT2D eigenvalue weighted by atomic mass is 9.99. The summed E-state index contributed by atoms with van der Waals surface area (Å²) in [4.78, 5) is 25.1. The number of rotatable bonds is 53. The molecule has 432 valence electrons. The van der Waals surface area contributed by atoms with Crippen LogP contribution in [0, 0.1) is 0 Å². The van der Waals surface area contributed by atoms with Crippen LogP contribution in [0.4, 0.5) is 0 Å². The van der Waals surface area contributed by atoms with Gasteiger partial charge in [0.15, 0.2) is 6.29 Å². The van der Waals surface area contributed by atoms with E-state index in [1.165, 1.54) is 173 Å². The molecule has 0 radical (unpaired) electrons. The summed E-state index contributed by atoms with van der Waals surface area (Å²) in [6.07, 6.45) is 56.3. The largest absolute Gasteiger partial charge is 0.466 e. The Balaban J connectivity index is 2.12. The highest BCUT2D eigenvalue weighted by molar-refractivity contribution is 5.76. The molecule has 1 fully saturated rings. The summed E-state index contributed by atoms with van der Waals surface area (Å²) in [5.74, 6) is -0.220. The third-order valence-corrected chi connectivity index (χ3v) is 14.4. The molecule has 0 aromatic heterocycles. The van der Waals surface area contributed by atoms with Crippen molar-refractivity contribution in [2.45, 2.75) is 320 Å². The minimum absolute atomic E-state index is 0.0197. The molecule has 0 aliphatic carbocycles. The first kappa shape index (κ1) is 69.6. The van der Waals surface area contributed by atoms with Crippen LogP contribution in [0.15, 0.2) is 48.6 Å². The highest BCUT2D eigenvalue weighted by Gasteiger charge is 2.44. The summed E-state index contributed by atoms with van der Waals surface area (Å²) in [7, 11) is 0. The Morgan fingerprint density at radius 3 is 1.38 bits per heavy atom. The van der Waals surface area contributed by atoms with Gasteiger partial charge in [0.1, 0.15) is 24.4 Å². The lowest BCUT2D eigenvalue weighted by Gasteiger charge is -2.40. The Morgan fingerprint density at radius 2 is 0.892 bits per heavy atom. The molecule has 1 amide bonds. The normalized spacial score (nSPS) is 19.1. The van der Waals surface area contributed by atoms with Crippen LogP contribution in [0.2, 0.25) is 0 Å². The molecule has 7 atom stereocenters. The van der Waals surface area contributed by atoms with E-state index in [0.717, 1.165) is 77.0 Å². The average molecular weight is 1050 g/mol. The molecule has 6 N–H and O–H groups in total. The van der Waals surface area contributed by atoms with E-state index in [1.54, 1.807) is 6.08 Å². The number of aliphatic hydroxyl groups is 5. The average Bonchev–Trinajstić information content (AvgIpc) is 3.40. The van der Waals surface area contributed by atoms with Gasteiger partial charge in [-0.25, -0.2) is 0 Å². The molecule has 0 spiro atoms. The van der Waals surface area contributed by atoms with Gasteiger partial charge in [0.2, 0.25) is 5.91 Å². The van der Waals surface area contributed by atoms with E-state index in [0.29, 0.717) is 19.4 Å². The van der Waals surface area contributed by atoms with Crippen molar-refractivity contribution in [2.24, 2.45) is 0 Å². The van der Waals surface area contributed by atoms with Crippen molar-refractivity contribution in [3.63, 3.8) is 0 Å². The van der Waals surface area contributed by atoms with Gasteiger partial charge in [0.05, 0.1) is 32.0 Å². The van der Waals surface area contributed by atoms with Crippen molar-refractivity contribution in [2.75, 3.05) is 19.8 Å². The molecular weight excluding hydrogens is 931 g/mol. The molecule has 0 bridgehead atoms. The van der Waals surface area contributed by atoms with Crippen LogP contribution in [0.25, 0.3) is 0 Å². The van der Waals surface area contributed by atoms with Crippen LogP contribution in [-0.4, -0.2) is 100 Å². The van der Waals surface area contributed by atoms with Gasteiger partial charge in [-0.2, -0.15) is 0 Å². The monoisotopic (exact) mass is 1050 g/mol. The molecule has 1 rings (SSSR count). The topological polar surface area (TPSA) is 175 Å². The zero-order chi connectivity index (χ0) is 53.8. The van der Waals surface area contributed by atoms with Crippen molar-refractivity contribution in [1.29, 1.82) is 0 Å². The van der Waals surface area contributed by atoms with Gasteiger partial charge < -0.3 is 45.1 Å². The number of ether oxygens (including phenoxy) is 3. The second kappa shape index (κ2) is 52.7. The number of allylic oxidation sites excluding steroid dienone is 7. The number of hydrogen-bond acceptors (Lipinski definition) is 10. The maximum Gasteiger partial charge on any atom is 0.305 e. The van der Waals surface area contributed by atoms with Gasteiger partial charge in [0.25, 0.3) is 0 Å². The quantitative estimate of drug-likeness (QED) is 0.0195. The standard InChI is InChI=1S/C63H115NO10/c1-3-5-7-9-11-13-15-16-23-26-30-33-37-41-45-49-56(66)55(54-73-63-62(71)61(70)60(69)57(53-65)74-63)64-58(67)50-46-42-38-34-31-27-24-21-19-17-18-20-22-25-28-32-36-40-44-48-52-72-59(68)51-47-43-39-35-29-14-12-10-8-6-4-2/h10,12,17,19,30,33,45,49,55-57,60-63,65-66,69-71H,3-9,11,13-16,18,20-29,31-32,34-44,46-48,50-54H2,1-2H3,(H,64,67)/b12-10-,19-17-,33-30+,49-45+. The Morgan fingerprint density at radius 1 is 0.486 bits per heavy atom. The fourth-order valence-electron chi connectivity index (χ4n) is 9.43. The number of carbonyl (C=O) groups excluding carboxylic acids is 2. The van der Waals surface area contributed by atoms with Crippen molar-refractivity contribution in [3.8, 4) is 0 Å². The van der Waals surface area contributed by atoms with E-state index >= 15 is 0 Å². The van der Waals surface area contributed by atoms with E-state index in [4.69, 9.17) is 14.2 Å². The van der Waals surface area contributed by atoms with Crippen LogP contribution in [0.5, 0.6) is 0 Å². The van der Waals surface area contributed by atoms with Crippen LogP contribution in [0.1, 0.15) is 277 Å². The molecule has 1 saturated heterocycles. The second-order valence-electron chi connectivity index (χ2n) is 21.4. The third-order valence-electron chi connectivity index (χ3n) is 14.4. The minimum Gasteiger partial charge on any atom is -0.466 e. The van der Waals surface area contributed by atoms with Gasteiger partial charge in [-0.05, 0) is 89.9 Å². The maximum atomic E-state index is 13.0. The Kier molecular flexibility index (Phi) is 49.6. The predicted molar refractivity (Wildman–Crippen MR) is 306 cm³/mol. The first-order valence-electron chi connectivity index (χ1n) is 30.9. The van der Waals surface area contributed by atoms with E-state index < -0.39 is 49.5 Å². The lowest BCUT2D eigenvalue weighted by molar-refractivity contribution is -0.302. The van der Waals surface area contributed by atoms with E-state index in [-0.39, 0.29) is 18.5 Å². The van der Waals surface area contributed by atoms with Crippen molar-refractivity contribution in [3.05, 3.63) is 48.6 Å². The molecule has 1 heterocycles. The number of hydrogen-bond donors (Lipinski definition) is 6. The zero-order valence-electron chi connectivity index (χ0n) is 47.6. The number of unbranched alkanes of at least 4 members (excludes halogenated alkanes) is 33. The molecule has 1 aliphatic heterocycles. The maximum absolute atomic E-state index is 13.0. The molecular formula is C63H115NO10. The zero-order valence-corrected chi connectivity index (χ0v) is 47.6. The fraction of sp³-hybridized carbons (Fsp3) is 0.841. The smallest absolute Gasteiger partial charge is 0.305 e. The molecule has 7 unspecified atom stereocenters. The summed E-state index contributed by atoms with van der Waals surface area (Å²) >= 11 is 0. The van der Waals surface area contributed by atoms with Crippen molar-refractivity contribution in [1.82, 2.24) is 5.32 Å². The lowest BCUT2D eigenvalue weighted by Crippen LogP contribution is -2.60. The molecule has 1 aliphatic rings.